The molecule has 5 heteroatoms. The summed E-state index contributed by atoms with van der Waals surface area (Å²) < 4.78 is 27.9. The third-order valence-electron chi connectivity index (χ3n) is 3.26. The lowest BCUT2D eigenvalue weighted by molar-refractivity contribution is -0.125. The van der Waals surface area contributed by atoms with Crippen molar-refractivity contribution in [2.75, 3.05) is 0 Å². The summed E-state index contributed by atoms with van der Waals surface area (Å²) in [5.41, 5.74) is 3.73. The van der Waals surface area contributed by atoms with E-state index in [1.54, 1.807) is 24.3 Å². The van der Waals surface area contributed by atoms with Gasteiger partial charge in [0.15, 0.2) is 0 Å². The summed E-state index contributed by atoms with van der Waals surface area (Å²) in [4.78, 5) is 11.1. The highest BCUT2D eigenvalue weighted by molar-refractivity contribution is 9.10. The zero-order chi connectivity index (χ0) is 12.1. The van der Waals surface area contributed by atoms with E-state index >= 15 is 0 Å². The second kappa shape index (κ2) is 3.26. The topological polar surface area (TPSA) is 43.1 Å². The Morgan fingerprint density at radius 1 is 1.38 bits per heavy atom. The van der Waals surface area contributed by atoms with Gasteiger partial charge >= 0.3 is 0 Å². The molecule has 1 aliphatic carbocycles. The molecule has 1 aliphatic rings. The molecule has 0 saturated heterocycles. The molecule has 0 radical (unpaired) electrons. The van der Waals surface area contributed by atoms with Gasteiger partial charge in [0.1, 0.15) is 5.41 Å². The molecule has 2 rings (SSSR count). The molecule has 0 spiro atoms. The van der Waals surface area contributed by atoms with Crippen LogP contribution in [0.3, 0.4) is 0 Å². The number of benzene rings is 1. The van der Waals surface area contributed by atoms with E-state index in [-0.39, 0.29) is 0 Å². The van der Waals surface area contributed by atoms with E-state index in [2.05, 4.69) is 15.9 Å². The zero-order valence-electron chi connectivity index (χ0n) is 8.51. The van der Waals surface area contributed by atoms with Gasteiger partial charge in [-0.25, -0.2) is 8.78 Å². The van der Waals surface area contributed by atoms with Crippen molar-refractivity contribution in [3.63, 3.8) is 0 Å². The van der Waals surface area contributed by atoms with Gasteiger partial charge in [-0.1, -0.05) is 28.1 Å². The maximum atomic E-state index is 13.6. The first kappa shape index (κ1) is 11.5. The number of primary amides is 1. The summed E-state index contributed by atoms with van der Waals surface area (Å²) in [6.07, 6.45) is 0. The van der Waals surface area contributed by atoms with Gasteiger partial charge in [-0.05, 0) is 24.6 Å². The Kier molecular flexibility index (Phi) is 2.35. The van der Waals surface area contributed by atoms with Gasteiger partial charge in [0.2, 0.25) is 5.91 Å². The first-order valence-electron chi connectivity index (χ1n) is 4.75. The predicted octanol–water partition coefficient (Wildman–Crippen LogP) is 2.67. The zero-order valence-corrected chi connectivity index (χ0v) is 10.1. The van der Waals surface area contributed by atoms with Gasteiger partial charge in [0.25, 0.3) is 5.92 Å². The van der Waals surface area contributed by atoms with E-state index in [1.165, 1.54) is 6.92 Å². The van der Waals surface area contributed by atoms with Crippen molar-refractivity contribution in [3.8, 4) is 0 Å². The van der Waals surface area contributed by atoms with Gasteiger partial charge in [0.05, 0.1) is 5.92 Å². The average Bonchev–Trinajstić information content (AvgIpc) is 2.65. The minimum Gasteiger partial charge on any atom is -0.369 e. The smallest absolute Gasteiger partial charge is 0.270 e. The van der Waals surface area contributed by atoms with Crippen molar-refractivity contribution in [1.82, 2.24) is 0 Å². The Bertz CT molecular complexity index is 446. The lowest BCUT2D eigenvalue weighted by Crippen LogP contribution is -2.27. The first-order valence-corrected chi connectivity index (χ1v) is 5.54. The first-order chi connectivity index (χ1) is 7.31. The lowest BCUT2D eigenvalue weighted by atomic mass is 10.0. The second-order valence-electron chi connectivity index (χ2n) is 4.17. The minimum absolute atomic E-state index is 0.439. The quantitative estimate of drug-likeness (QED) is 0.894. The van der Waals surface area contributed by atoms with Crippen LogP contribution in [-0.4, -0.2) is 11.8 Å². The molecular weight excluding hydrogens is 280 g/mol. The fraction of sp³-hybridized carbons (Fsp3) is 0.364. The molecule has 0 unspecified atom stereocenters. The van der Waals surface area contributed by atoms with Gasteiger partial charge in [-0.3, -0.25) is 4.79 Å². The van der Waals surface area contributed by atoms with Crippen molar-refractivity contribution in [2.45, 2.75) is 18.8 Å². The van der Waals surface area contributed by atoms with E-state index in [4.69, 9.17) is 5.73 Å². The molecule has 1 saturated carbocycles. The van der Waals surface area contributed by atoms with E-state index in [1.807, 2.05) is 0 Å². The number of carbonyl (C=O) groups is 1. The van der Waals surface area contributed by atoms with Crippen molar-refractivity contribution >= 4 is 21.8 Å². The number of amides is 1. The Morgan fingerprint density at radius 3 is 2.25 bits per heavy atom. The van der Waals surface area contributed by atoms with Crippen molar-refractivity contribution in [1.29, 1.82) is 0 Å². The van der Waals surface area contributed by atoms with Crippen molar-refractivity contribution < 1.29 is 13.6 Å². The number of hydrogen-bond donors (Lipinski definition) is 1. The normalized spacial score (nSPS) is 31.1. The highest BCUT2D eigenvalue weighted by Gasteiger charge is 2.81. The van der Waals surface area contributed by atoms with Crippen LogP contribution in [0.25, 0.3) is 0 Å². The second-order valence-corrected chi connectivity index (χ2v) is 5.09. The molecule has 2 atom stereocenters. The van der Waals surface area contributed by atoms with Crippen LogP contribution in [0.2, 0.25) is 0 Å². The third-order valence-corrected chi connectivity index (χ3v) is 3.79. The van der Waals surface area contributed by atoms with Crippen LogP contribution in [0.15, 0.2) is 28.7 Å². The molecule has 1 aromatic rings. The number of hydrogen-bond acceptors (Lipinski definition) is 1. The highest BCUT2D eigenvalue weighted by Crippen LogP contribution is 2.70. The number of rotatable bonds is 2. The maximum Gasteiger partial charge on any atom is 0.270 e. The lowest BCUT2D eigenvalue weighted by Gasteiger charge is -2.03. The maximum absolute atomic E-state index is 13.6. The van der Waals surface area contributed by atoms with Crippen LogP contribution in [0.1, 0.15) is 18.4 Å². The largest absolute Gasteiger partial charge is 0.369 e. The molecule has 1 fully saturated rings. The standard InChI is InChI=1S/C11H10BrF2NO/c1-10(9(15)16)8(11(10,13)14)6-2-4-7(12)5-3-6/h2-5,8H,1H3,(H2,15,16)/t8-,10+/m1/s1. The summed E-state index contributed by atoms with van der Waals surface area (Å²) in [6, 6.07) is 6.50. The Hall–Kier alpha value is -0.970. The summed E-state index contributed by atoms with van der Waals surface area (Å²) in [7, 11) is 0. The fourth-order valence-corrected chi connectivity index (χ4v) is 2.30. The van der Waals surface area contributed by atoms with E-state index in [0.29, 0.717) is 5.56 Å². The van der Waals surface area contributed by atoms with Crippen LogP contribution in [0.4, 0.5) is 8.78 Å². The van der Waals surface area contributed by atoms with Crippen LogP contribution >= 0.6 is 15.9 Å². The number of halogens is 3. The Balaban J connectivity index is 2.38. The molecule has 0 aromatic heterocycles. The fourth-order valence-electron chi connectivity index (χ4n) is 2.04. The number of nitrogens with two attached hydrogens (primary N) is 1. The van der Waals surface area contributed by atoms with E-state index < -0.39 is 23.2 Å². The highest BCUT2D eigenvalue weighted by atomic mass is 79.9. The Morgan fingerprint density at radius 2 is 1.88 bits per heavy atom. The van der Waals surface area contributed by atoms with Crippen molar-refractivity contribution in [3.05, 3.63) is 34.3 Å². The SMILES string of the molecule is C[C@@]1(C(N)=O)[C@@H](c2ccc(Br)cc2)C1(F)F. The molecule has 86 valence electrons. The molecule has 0 bridgehead atoms. The summed E-state index contributed by atoms with van der Waals surface area (Å²) in [5, 5.41) is 0. The average molecular weight is 290 g/mol. The molecule has 1 amide bonds. The van der Waals surface area contributed by atoms with E-state index in [9.17, 15) is 13.6 Å². The van der Waals surface area contributed by atoms with Gasteiger partial charge in [0, 0.05) is 4.47 Å². The Labute approximate surface area is 100.0 Å². The van der Waals surface area contributed by atoms with Gasteiger partial charge in [-0.15, -0.1) is 0 Å². The molecule has 1 aromatic carbocycles. The van der Waals surface area contributed by atoms with Gasteiger partial charge in [-0.2, -0.15) is 0 Å². The monoisotopic (exact) mass is 289 g/mol. The summed E-state index contributed by atoms with van der Waals surface area (Å²) >= 11 is 3.22. The third kappa shape index (κ3) is 1.30. The molecule has 16 heavy (non-hydrogen) atoms. The summed E-state index contributed by atoms with van der Waals surface area (Å²) in [6.45, 7) is 1.21. The predicted molar refractivity (Wildman–Crippen MR) is 59.1 cm³/mol. The summed E-state index contributed by atoms with van der Waals surface area (Å²) in [5.74, 6) is -5.11. The van der Waals surface area contributed by atoms with Gasteiger partial charge < -0.3 is 5.73 Å². The molecule has 2 N–H and O–H groups in total. The van der Waals surface area contributed by atoms with Crippen LogP contribution in [0.5, 0.6) is 0 Å². The number of carbonyl (C=O) groups excluding carboxylic acids is 1. The van der Waals surface area contributed by atoms with Crippen molar-refractivity contribution in [2.24, 2.45) is 11.1 Å². The molecular formula is C11H10BrF2NO. The van der Waals surface area contributed by atoms with Crippen LogP contribution < -0.4 is 5.73 Å². The number of alkyl halides is 2. The van der Waals surface area contributed by atoms with E-state index in [0.717, 1.165) is 4.47 Å². The van der Waals surface area contributed by atoms with Crippen LogP contribution in [0, 0.1) is 5.41 Å². The molecule has 2 nitrogen and oxygen atoms in total. The minimum atomic E-state index is -3.05. The molecule has 0 heterocycles. The molecule has 0 aliphatic heterocycles. The van der Waals surface area contributed by atoms with Crippen LogP contribution in [-0.2, 0) is 4.79 Å².